The van der Waals surface area contributed by atoms with Crippen LogP contribution < -0.4 is 0 Å². The molecule has 180 valence electrons. The molecule has 0 aliphatic heterocycles. The highest BCUT2D eigenvalue weighted by molar-refractivity contribution is 7.91. The van der Waals surface area contributed by atoms with Crippen LogP contribution in [0.1, 0.15) is 62.0 Å². The van der Waals surface area contributed by atoms with Crippen molar-refractivity contribution in [2.45, 2.75) is 62.2 Å². The van der Waals surface area contributed by atoms with Crippen molar-refractivity contribution >= 4 is 39.9 Å². The van der Waals surface area contributed by atoms with Crippen molar-refractivity contribution in [1.29, 1.82) is 0 Å². The lowest BCUT2D eigenvalue weighted by molar-refractivity contribution is -0.119. The molecule has 0 bridgehead atoms. The third-order valence-corrected chi connectivity index (χ3v) is 9.24. The van der Waals surface area contributed by atoms with E-state index in [9.17, 15) is 13.2 Å². The van der Waals surface area contributed by atoms with Gasteiger partial charge < -0.3 is 0 Å². The SMILES string of the molecule is O=C(Cc1ccc2cnccc2c1)[C@@H]1C[C@H]1c1ccc(S(=O)(=O)CCC2CCCCC2)cc1.S. The van der Waals surface area contributed by atoms with Crippen molar-refractivity contribution in [3.63, 3.8) is 0 Å². The summed E-state index contributed by atoms with van der Waals surface area (Å²) >= 11 is 0. The van der Waals surface area contributed by atoms with E-state index in [1.807, 2.05) is 36.5 Å². The van der Waals surface area contributed by atoms with Crippen LogP contribution in [0.3, 0.4) is 0 Å². The first-order chi connectivity index (χ1) is 16.0. The van der Waals surface area contributed by atoms with Crippen molar-refractivity contribution in [1.82, 2.24) is 4.98 Å². The summed E-state index contributed by atoms with van der Waals surface area (Å²) in [5.74, 6) is 1.31. The second kappa shape index (κ2) is 10.6. The van der Waals surface area contributed by atoms with Crippen molar-refractivity contribution in [3.8, 4) is 0 Å². The van der Waals surface area contributed by atoms with Crippen molar-refractivity contribution in [2.24, 2.45) is 11.8 Å². The van der Waals surface area contributed by atoms with Crippen molar-refractivity contribution < 1.29 is 13.2 Å². The number of aromatic nitrogens is 1. The average Bonchev–Trinajstić information content (AvgIpc) is 3.65. The van der Waals surface area contributed by atoms with Gasteiger partial charge >= 0.3 is 0 Å². The van der Waals surface area contributed by atoms with Gasteiger partial charge in [-0.1, -0.05) is 62.4 Å². The minimum Gasteiger partial charge on any atom is -0.299 e. The number of Topliss-reactive ketones (excluding diaryl/α,β-unsaturated/α-hetero) is 1. The number of rotatable bonds is 8. The lowest BCUT2D eigenvalue weighted by Gasteiger charge is -2.21. The van der Waals surface area contributed by atoms with Gasteiger partial charge in [0.1, 0.15) is 5.78 Å². The molecule has 0 spiro atoms. The Morgan fingerprint density at radius 1 is 0.941 bits per heavy atom. The Kier molecular flexibility index (Phi) is 7.78. The van der Waals surface area contributed by atoms with Gasteiger partial charge in [0, 0.05) is 30.1 Å². The molecule has 2 atom stereocenters. The van der Waals surface area contributed by atoms with Gasteiger partial charge in [-0.3, -0.25) is 9.78 Å². The summed E-state index contributed by atoms with van der Waals surface area (Å²) in [5.41, 5.74) is 2.10. The summed E-state index contributed by atoms with van der Waals surface area (Å²) in [6.07, 6.45) is 11.8. The van der Waals surface area contributed by atoms with E-state index in [1.54, 1.807) is 18.3 Å². The fraction of sp³-hybridized carbons (Fsp3) is 0.429. The molecule has 0 radical (unpaired) electrons. The summed E-state index contributed by atoms with van der Waals surface area (Å²) in [5, 5.41) is 2.18. The van der Waals surface area contributed by atoms with Gasteiger partial charge in [0.15, 0.2) is 9.84 Å². The minimum atomic E-state index is -3.24. The zero-order valence-electron chi connectivity index (χ0n) is 19.4. The Hall–Kier alpha value is -2.18. The zero-order chi connectivity index (χ0) is 22.8. The number of fused-ring (bicyclic) bond motifs is 1. The summed E-state index contributed by atoms with van der Waals surface area (Å²) in [4.78, 5) is 17.4. The normalized spacial score (nSPS) is 20.6. The maximum atomic E-state index is 12.8. The molecule has 2 fully saturated rings. The van der Waals surface area contributed by atoms with E-state index in [4.69, 9.17) is 0 Å². The Bertz CT molecular complexity index is 1250. The highest BCUT2D eigenvalue weighted by atomic mass is 32.2. The Morgan fingerprint density at radius 3 is 2.47 bits per heavy atom. The van der Waals surface area contributed by atoms with E-state index in [1.165, 1.54) is 32.1 Å². The van der Waals surface area contributed by atoms with E-state index >= 15 is 0 Å². The number of pyridine rings is 1. The lowest BCUT2D eigenvalue weighted by atomic mass is 9.88. The first-order valence-electron chi connectivity index (χ1n) is 12.2. The summed E-state index contributed by atoms with van der Waals surface area (Å²) in [7, 11) is -3.24. The van der Waals surface area contributed by atoms with Gasteiger partial charge in [0.05, 0.1) is 10.6 Å². The van der Waals surface area contributed by atoms with Gasteiger partial charge in [-0.15, -0.1) is 0 Å². The van der Waals surface area contributed by atoms with Crippen LogP contribution in [0.25, 0.3) is 10.8 Å². The number of benzene rings is 2. The minimum absolute atomic E-state index is 0. The number of carbonyl (C=O) groups is 1. The molecule has 3 aromatic rings. The standard InChI is InChI=1S/C28H31NO3S.H2S/c30-28(17-21-6-7-24-19-29-14-12-23(24)16-21)27-18-26(27)22-8-10-25(11-9-22)33(31,32)15-13-20-4-2-1-3-5-20;/h6-12,14,16,19-20,26-27H,1-5,13,15,17-18H2;1H2/t26-,27+;/m0./s1. The quantitative estimate of drug-likeness (QED) is 0.384. The molecule has 1 heterocycles. The molecule has 5 rings (SSSR count). The molecule has 0 saturated heterocycles. The fourth-order valence-corrected chi connectivity index (χ4v) is 6.76. The second-order valence-electron chi connectivity index (χ2n) is 9.83. The van der Waals surface area contributed by atoms with Crippen LogP contribution in [0.15, 0.2) is 65.8 Å². The molecule has 2 saturated carbocycles. The van der Waals surface area contributed by atoms with E-state index in [-0.39, 0.29) is 36.9 Å². The topological polar surface area (TPSA) is 64.1 Å². The Labute approximate surface area is 209 Å². The molecule has 0 amide bonds. The molecule has 1 aromatic heterocycles. The van der Waals surface area contributed by atoms with Crippen LogP contribution >= 0.6 is 13.5 Å². The van der Waals surface area contributed by atoms with Gasteiger partial charge in [-0.2, -0.15) is 13.5 Å². The molecular weight excluding hydrogens is 462 g/mol. The first-order valence-corrected chi connectivity index (χ1v) is 13.8. The van der Waals surface area contributed by atoms with E-state index in [0.29, 0.717) is 17.2 Å². The largest absolute Gasteiger partial charge is 0.299 e. The zero-order valence-corrected chi connectivity index (χ0v) is 21.3. The van der Waals surface area contributed by atoms with E-state index < -0.39 is 9.84 Å². The van der Waals surface area contributed by atoms with Gasteiger partial charge in [-0.05, 0) is 59.4 Å². The predicted molar refractivity (Wildman–Crippen MR) is 141 cm³/mol. The third-order valence-electron chi connectivity index (χ3n) is 7.47. The molecule has 4 nitrogen and oxygen atoms in total. The van der Waals surface area contributed by atoms with Crippen LogP contribution in [-0.2, 0) is 21.1 Å². The van der Waals surface area contributed by atoms with Crippen LogP contribution in [0.5, 0.6) is 0 Å². The summed E-state index contributed by atoms with van der Waals surface area (Å²) in [6.45, 7) is 0. The maximum absolute atomic E-state index is 12.8. The summed E-state index contributed by atoms with van der Waals surface area (Å²) < 4.78 is 25.6. The maximum Gasteiger partial charge on any atom is 0.178 e. The number of nitrogens with zero attached hydrogens (tertiary/aromatic N) is 1. The van der Waals surface area contributed by atoms with Crippen LogP contribution in [0.2, 0.25) is 0 Å². The smallest absolute Gasteiger partial charge is 0.178 e. The van der Waals surface area contributed by atoms with Crippen LogP contribution in [-0.4, -0.2) is 24.9 Å². The lowest BCUT2D eigenvalue weighted by Crippen LogP contribution is -2.14. The third kappa shape index (κ3) is 5.72. The fourth-order valence-electron chi connectivity index (χ4n) is 5.33. The monoisotopic (exact) mass is 495 g/mol. The molecule has 2 aromatic carbocycles. The van der Waals surface area contributed by atoms with Gasteiger partial charge in [0.2, 0.25) is 0 Å². The van der Waals surface area contributed by atoms with Gasteiger partial charge in [-0.25, -0.2) is 8.42 Å². The molecule has 34 heavy (non-hydrogen) atoms. The highest BCUT2D eigenvalue weighted by Gasteiger charge is 2.43. The predicted octanol–water partition coefficient (Wildman–Crippen LogP) is 6.01. The number of hydrogen-bond donors (Lipinski definition) is 0. The van der Waals surface area contributed by atoms with Crippen LogP contribution in [0, 0.1) is 11.8 Å². The molecule has 6 heteroatoms. The highest BCUT2D eigenvalue weighted by Crippen LogP contribution is 2.48. The molecule has 0 N–H and O–H groups in total. The van der Waals surface area contributed by atoms with Crippen LogP contribution in [0.4, 0.5) is 0 Å². The molecular formula is C28H33NO3S2. The number of carbonyl (C=O) groups excluding carboxylic acids is 1. The molecule has 2 aliphatic rings. The Morgan fingerprint density at radius 2 is 1.71 bits per heavy atom. The number of hydrogen-bond acceptors (Lipinski definition) is 4. The Balaban J connectivity index is 0.00000274. The van der Waals surface area contributed by atoms with E-state index in [2.05, 4.69) is 11.1 Å². The molecule has 0 unspecified atom stereocenters. The summed E-state index contributed by atoms with van der Waals surface area (Å²) in [6, 6.07) is 15.4. The number of ketones is 1. The van der Waals surface area contributed by atoms with E-state index in [0.717, 1.165) is 34.7 Å². The van der Waals surface area contributed by atoms with Crippen molar-refractivity contribution in [2.75, 3.05) is 5.75 Å². The average molecular weight is 496 g/mol. The molecule has 2 aliphatic carbocycles. The number of sulfone groups is 1. The van der Waals surface area contributed by atoms with Gasteiger partial charge in [0.25, 0.3) is 0 Å². The van der Waals surface area contributed by atoms with Crippen molar-refractivity contribution in [3.05, 3.63) is 72.1 Å². The second-order valence-corrected chi connectivity index (χ2v) is 11.9. The first kappa shape index (κ1) is 24.9.